The summed E-state index contributed by atoms with van der Waals surface area (Å²) in [5.74, 6) is -2.04. The number of hydrogen-bond donors (Lipinski definition) is 1. The van der Waals surface area contributed by atoms with E-state index in [1.807, 2.05) is 43.3 Å². The molecule has 2 aromatic carbocycles. The molecule has 7 heteroatoms. The summed E-state index contributed by atoms with van der Waals surface area (Å²) >= 11 is 1.23. The van der Waals surface area contributed by atoms with Gasteiger partial charge >= 0.3 is 0 Å². The molecule has 2 heterocycles. The molecule has 0 unspecified atom stereocenters. The van der Waals surface area contributed by atoms with E-state index in [1.165, 1.54) is 17.4 Å². The monoisotopic (exact) mass is 421 g/mol. The number of carbonyl (C=O) groups excluding carboxylic acids is 1. The van der Waals surface area contributed by atoms with Gasteiger partial charge in [0, 0.05) is 22.8 Å². The topological polar surface area (TPSA) is 54.9 Å². The van der Waals surface area contributed by atoms with Gasteiger partial charge in [0.2, 0.25) is 5.91 Å². The lowest BCUT2D eigenvalue weighted by atomic mass is 10.0. The number of anilines is 1. The van der Waals surface area contributed by atoms with Crippen LogP contribution in [0.3, 0.4) is 0 Å². The van der Waals surface area contributed by atoms with Crippen molar-refractivity contribution in [3.8, 4) is 22.4 Å². The zero-order valence-corrected chi connectivity index (χ0v) is 16.8. The molecule has 0 aliphatic carbocycles. The van der Waals surface area contributed by atoms with Gasteiger partial charge in [-0.05, 0) is 53.9 Å². The Labute approximate surface area is 176 Å². The summed E-state index contributed by atoms with van der Waals surface area (Å²) in [7, 11) is 0. The quantitative estimate of drug-likeness (QED) is 0.454. The van der Waals surface area contributed by atoms with Crippen LogP contribution in [-0.4, -0.2) is 15.9 Å². The summed E-state index contributed by atoms with van der Waals surface area (Å²) in [5.41, 5.74) is 4.88. The third-order valence-electron chi connectivity index (χ3n) is 4.51. The first kappa shape index (κ1) is 19.8. The van der Waals surface area contributed by atoms with E-state index in [0.29, 0.717) is 16.4 Å². The molecule has 0 bridgehead atoms. The van der Waals surface area contributed by atoms with E-state index in [4.69, 9.17) is 0 Å². The van der Waals surface area contributed by atoms with Crippen LogP contribution in [0.25, 0.3) is 22.4 Å². The molecule has 2 aromatic heterocycles. The number of aryl methyl sites for hydroxylation is 1. The molecule has 0 aliphatic rings. The minimum Gasteiger partial charge on any atom is -0.302 e. The normalized spacial score (nSPS) is 10.8. The molecule has 0 radical (unpaired) electrons. The molecule has 4 rings (SSSR count). The molecule has 0 fully saturated rings. The van der Waals surface area contributed by atoms with E-state index in [-0.39, 0.29) is 12.3 Å². The van der Waals surface area contributed by atoms with Crippen LogP contribution in [0.2, 0.25) is 0 Å². The summed E-state index contributed by atoms with van der Waals surface area (Å²) in [5, 5.41) is 4.85. The summed E-state index contributed by atoms with van der Waals surface area (Å²) in [4.78, 5) is 20.8. The van der Waals surface area contributed by atoms with Crippen LogP contribution in [0, 0.1) is 18.6 Å². The number of halogens is 2. The Balaban J connectivity index is 1.40. The molecule has 30 heavy (non-hydrogen) atoms. The number of pyridine rings is 1. The SMILES string of the molecule is Cc1cc(-c2ccc(CC(=O)Nc3nc(-c4ccc(F)c(F)c4)cs3)cc2)ccn1. The summed E-state index contributed by atoms with van der Waals surface area (Å²) in [6.07, 6.45) is 1.98. The van der Waals surface area contributed by atoms with E-state index < -0.39 is 11.6 Å². The highest BCUT2D eigenvalue weighted by molar-refractivity contribution is 7.14. The third kappa shape index (κ3) is 4.58. The largest absolute Gasteiger partial charge is 0.302 e. The van der Waals surface area contributed by atoms with Crippen molar-refractivity contribution in [2.75, 3.05) is 5.32 Å². The third-order valence-corrected chi connectivity index (χ3v) is 5.27. The Kier molecular flexibility index (Phi) is 5.63. The first-order valence-corrected chi connectivity index (χ1v) is 10.1. The van der Waals surface area contributed by atoms with Crippen molar-refractivity contribution in [3.63, 3.8) is 0 Å². The van der Waals surface area contributed by atoms with Gasteiger partial charge in [0.05, 0.1) is 12.1 Å². The van der Waals surface area contributed by atoms with Crippen LogP contribution in [0.4, 0.5) is 13.9 Å². The lowest BCUT2D eigenvalue weighted by molar-refractivity contribution is -0.115. The van der Waals surface area contributed by atoms with Crippen molar-refractivity contribution in [2.45, 2.75) is 13.3 Å². The number of benzene rings is 2. The minimum atomic E-state index is -0.934. The second-order valence-electron chi connectivity index (χ2n) is 6.77. The van der Waals surface area contributed by atoms with Gasteiger partial charge < -0.3 is 5.32 Å². The van der Waals surface area contributed by atoms with Gasteiger partial charge in [-0.25, -0.2) is 13.8 Å². The minimum absolute atomic E-state index is 0.200. The Hall–Kier alpha value is -3.45. The van der Waals surface area contributed by atoms with Gasteiger partial charge in [0.15, 0.2) is 16.8 Å². The molecule has 0 spiro atoms. The average Bonchev–Trinajstić information content (AvgIpc) is 3.19. The zero-order chi connectivity index (χ0) is 21.1. The van der Waals surface area contributed by atoms with Gasteiger partial charge in [0.1, 0.15) is 0 Å². The number of carbonyl (C=O) groups is 1. The highest BCUT2D eigenvalue weighted by Gasteiger charge is 2.11. The Morgan fingerprint density at radius 1 is 0.967 bits per heavy atom. The number of aromatic nitrogens is 2. The molecule has 0 aliphatic heterocycles. The molecule has 0 atom stereocenters. The molecule has 1 N–H and O–H groups in total. The second kappa shape index (κ2) is 8.51. The predicted octanol–water partition coefficient (Wildman–Crippen LogP) is 5.64. The highest BCUT2D eigenvalue weighted by atomic mass is 32.1. The molecule has 4 nitrogen and oxygen atoms in total. The summed E-state index contributed by atoms with van der Waals surface area (Å²) in [6, 6.07) is 15.3. The smallest absolute Gasteiger partial charge is 0.230 e. The average molecular weight is 421 g/mol. The Bertz CT molecular complexity index is 1210. The number of thiazole rings is 1. The van der Waals surface area contributed by atoms with Crippen molar-refractivity contribution in [1.82, 2.24) is 9.97 Å². The van der Waals surface area contributed by atoms with E-state index in [2.05, 4.69) is 15.3 Å². The summed E-state index contributed by atoms with van der Waals surface area (Å²) < 4.78 is 26.5. The Morgan fingerprint density at radius 2 is 1.73 bits per heavy atom. The first-order chi connectivity index (χ1) is 14.5. The predicted molar refractivity (Wildman–Crippen MR) is 114 cm³/mol. The summed E-state index contributed by atoms with van der Waals surface area (Å²) in [6.45, 7) is 1.94. The van der Waals surface area contributed by atoms with Crippen LogP contribution in [0.5, 0.6) is 0 Å². The highest BCUT2D eigenvalue weighted by Crippen LogP contribution is 2.26. The molecule has 0 saturated carbocycles. The molecular formula is C23H17F2N3OS. The lowest BCUT2D eigenvalue weighted by Crippen LogP contribution is -2.14. The van der Waals surface area contributed by atoms with Gasteiger partial charge in [-0.3, -0.25) is 9.78 Å². The molecule has 1 amide bonds. The van der Waals surface area contributed by atoms with Crippen LogP contribution in [0.15, 0.2) is 66.2 Å². The number of amides is 1. The van der Waals surface area contributed by atoms with E-state index in [1.54, 1.807) is 11.6 Å². The number of rotatable bonds is 5. The van der Waals surface area contributed by atoms with Gasteiger partial charge in [0.25, 0.3) is 0 Å². The van der Waals surface area contributed by atoms with Crippen molar-refractivity contribution < 1.29 is 13.6 Å². The lowest BCUT2D eigenvalue weighted by Gasteiger charge is -2.05. The first-order valence-electron chi connectivity index (χ1n) is 9.21. The number of nitrogens with zero attached hydrogens (tertiary/aromatic N) is 2. The molecule has 150 valence electrons. The van der Waals surface area contributed by atoms with Crippen molar-refractivity contribution in [2.24, 2.45) is 0 Å². The fraction of sp³-hybridized carbons (Fsp3) is 0.0870. The van der Waals surface area contributed by atoms with Crippen LogP contribution in [-0.2, 0) is 11.2 Å². The van der Waals surface area contributed by atoms with Crippen LogP contribution >= 0.6 is 11.3 Å². The second-order valence-corrected chi connectivity index (χ2v) is 7.63. The van der Waals surface area contributed by atoms with E-state index >= 15 is 0 Å². The standard InChI is InChI=1S/C23H17F2N3OS/c1-14-10-17(8-9-26-14)16-4-2-15(3-5-16)11-22(29)28-23-27-21(13-30-23)18-6-7-19(24)20(25)12-18/h2-10,12-13H,11H2,1H3,(H,27,28,29). The maximum atomic E-state index is 13.4. The molecule has 4 aromatic rings. The molecule has 0 saturated heterocycles. The fourth-order valence-corrected chi connectivity index (χ4v) is 3.74. The van der Waals surface area contributed by atoms with Gasteiger partial charge in [-0.1, -0.05) is 24.3 Å². The zero-order valence-electron chi connectivity index (χ0n) is 16.0. The van der Waals surface area contributed by atoms with Gasteiger partial charge in [-0.15, -0.1) is 11.3 Å². The van der Waals surface area contributed by atoms with Crippen LogP contribution < -0.4 is 5.32 Å². The molecular weight excluding hydrogens is 404 g/mol. The number of nitrogens with one attached hydrogen (secondary N) is 1. The maximum Gasteiger partial charge on any atom is 0.230 e. The maximum absolute atomic E-state index is 13.4. The van der Waals surface area contributed by atoms with Crippen molar-refractivity contribution in [3.05, 3.63) is 89.1 Å². The fourth-order valence-electron chi connectivity index (χ4n) is 3.01. The van der Waals surface area contributed by atoms with Gasteiger partial charge in [-0.2, -0.15) is 0 Å². The van der Waals surface area contributed by atoms with Crippen LogP contribution in [0.1, 0.15) is 11.3 Å². The number of hydrogen-bond acceptors (Lipinski definition) is 4. The van der Waals surface area contributed by atoms with E-state index in [9.17, 15) is 13.6 Å². The Morgan fingerprint density at radius 3 is 2.47 bits per heavy atom. The van der Waals surface area contributed by atoms with Crippen molar-refractivity contribution in [1.29, 1.82) is 0 Å². The van der Waals surface area contributed by atoms with Crippen molar-refractivity contribution >= 4 is 22.4 Å². The van der Waals surface area contributed by atoms with E-state index in [0.717, 1.165) is 34.5 Å².